The molecule has 0 aliphatic carbocycles. The third-order valence-corrected chi connectivity index (χ3v) is 2.37. The zero-order chi connectivity index (χ0) is 19.1. The lowest BCUT2D eigenvalue weighted by Crippen LogP contribution is -2.21. The summed E-state index contributed by atoms with van der Waals surface area (Å²) in [6.45, 7) is 4.82. The van der Waals surface area contributed by atoms with Gasteiger partial charge in [-0.25, -0.2) is 9.97 Å². The van der Waals surface area contributed by atoms with Crippen molar-refractivity contribution in [3.8, 4) is 12.1 Å². The standard InChI is InChI=1S/C7H8N4.C6H7NO.C2H7N3/c1-5-6(3-8)4-10-7(9-2)11-5;1-3-6(4-7)5(2)8;1-5-2(3)4/h4H,1-2H3,(H,9,10,11);3H,1-2H3;1H3,(H4,3,4,5)/b;6-3+;. The molecule has 0 saturated heterocycles. The second-order valence-electron chi connectivity index (χ2n) is 4.07. The Morgan fingerprint density at radius 1 is 1.42 bits per heavy atom. The molecule has 0 saturated carbocycles. The van der Waals surface area contributed by atoms with Crippen LogP contribution in [0.2, 0.25) is 0 Å². The van der Waals surface area contributed by atoms with Crippen LogP contribution in [0.15, 0.2) is 22.8 Å². The van der Waals surface area contributed by atoms with Crippen LogP contribution in [0.3, 0.4) is 0 Å². The number of ketones is 1. The molecule has 9 nitrogen and oxygen atoms in total. The van der Waals surface area contributed by atoms with E-state index in [0.717, 1.165) is 0 Å². The molecule has 0 atom stereocenters. The highest BCUT2D eigenvalue weighted by Gasteiger charge is 1.99. The highest BCUT2D eigenvalue weighted by atomic mass is 16.1. The lowest BCUT2D eigenvalue weighted by Gasteiger charge is -1.98. The number of carbonyl (C=O) groups is 1. The number of anilines is 1. The SMILES string of the molecule is C/C=C(\C#N)C(C)=O.CN=C(N)N.CNc1ncc(C#N)c(C)n1. The first kappa shape index (κ1) is 22.8. The second-order valence-corrected chi connectivity index (χ2v) is 4.07. The van der Waals surface area contributed by atoms with E-state index >= 15 is 0 Å². The summed E-state index contributed by atoms with van der Waals surface area (Å²) < 4.78 is 0. The summed E-state index contributed by atoms with van der Waals surface area (Å²) in [4.78, 5) is 21.6. The van der Waals surface area contributed by atoms with Gasteiger partial charge in [0.1, 0.15) is 12.1 Å². The number of allylic oxidation sites excluding steroid dienone is 2. The minimum atomic E-state index is -0.171. The maximum absolute atomic E-state index is 10.3. The zero-order valence-corrected chi connectivity index (χ0v) is 14.5. The monoisotopic (exact) mass is 330 g/mol. The van der Waals surface area contributed by atoms with Gasteiger partial charge in [0.25, 0.3) is 0 Å². The number of hydrogen-bond acceptors (Lipinski definition) is 7. The number of aliphatic imine (C=N–C) groups is 1. The van der Waals surface area contributed by atoms with Crippen molar-refractivity contribution in [1.82, 2.24) is 9.97 Å². The number of hydrogen-bond donors (Lipinski definition) is 3. The van der Waals surface area contributed by atoms with Crippen molar-refractivity contribution in [3.63, 3.8) is 0 Å². The molecule has 128 valence electrons. The molecule has 0 aromatic carbocycles. The lowest BCUT2D eigenvalue weighted by molar-refractivity contribution is -0.113. The summed E-state index contributed by atoms with van der Waals surface area (Å²) in [5.41, 5.74) is 11.1. The average molecular weight is 330 g/mol. The third kappa shape index (κ3) is 10.3. The molecular formula is C15H22N8O. The smallest absolute Gasteiger partial charge is 0.222 e. The molecule has 0 unspecified atom stereocenters. The van der Waals surface area contributed by atoms with Crippen molar-refractivity contribution >= 4 is 17.7 Å². The van der Waals surface area contributed by atoms with Gasteiger partial charge in [0.05, 0.1) is 23.0 Å². The highest BCUT2D eigenvalue weighted by molar-refractivity contribution is 5.96. The molecule has 0 bridgehead atoms. The van der Waals surface area contributed by atoms with Gasteiger partial charge >= 0.3 is 0 Å². The van der Waals surface area contributed by atoms with E-state index in [-0.39, 0.29) is 17.3 Å². The fourth-order valence-corrected chi connectivity index (χ4v) is 1.04. The Morgan fingerprint density at radius 3 is 2.17 bits per heavy atom. The fraction of sp³-hybridized carbons (Fsp3) is 0.333. The van der Waals surface area contributed by atoms with E-state index < -0.39 is 0 Å². The maximum atomic E-state index is 10.3. The summed E-state index contributed by atoms with van der Waals surface area (Å²) in [5.74, 6) is 0.501. The van der Waals surface area contributed by atoms with Gasteiger partial charge in [0.2, 0.25) is 5.95 Å². The number of aryl methyl sites for hydroxylation is 1. The molecule has 0 fully saturated rings. The molecule has 0 aliphatic rings. The number of nitrogens with two attached hydrogens (primary N) is 2. The number of rotatable bonds is 2. The van der Waals surface area contributed by atoms with Crippen LogP contribution in [-0.4, -0.2) is 35.8 Å². The van der Waals surface area contributed by atoms with E-state index in [2.05, 4.69) is 20.3 Å². The number of nitrogens with zero attached hydrogens (tertiary/aromatic N) is 5. The van der Waals surface area contributed by atoms with E-state index in [1.165, 1.54) is 26.2 Å². The summed E-state index contributed by atoms with van der Waals surface area (Å²) >= 11 is 0. The Morgan fingerprint density at radius 2 is 1.96 bits per heavy atom. The van der Waals surface area contributed by atoms with Gasteiger partial charge < -0.3 is 16.8 Å². The lowest BCUT2D eigenvalue weighted by atomic mass is 10.2. The van der Waals surface area contributed by atoms with E-state index in [9.17, 15) is 4.79 Å². The second kappa shape index (κ2) is 13.2. The largest absolute Gasteiger partial charge is 0.370 e. The van der Waals surface area contributed by atoms with Gasteiger partial charge in [0.15, 0.2) is 11.7 Å². The van der Waals surface area contributed by atoms with Gasteiger partial charge in [-0.2, -0.15) is 10.5 Å². The summed E-state index contributed by atoms with van der Waals surface area (Å²) in [5, 5.41) is 19.5. The zero-order valence-electron chi connectivity index (χ0n) is 14.5. The molecule has 1 aromatic rings. The van der Waals surface area contributed by atoms with E-state index in [1.807, 2.05) is 6.07 Å². The summed E-state index contributed by atoms with van der Waals surface area (Å²) in [6.07, 6.45) is 3.01. The van der Waals surface area contributed by atoms with Crippen LogP contribution in [0.1, 0.15) is 25.1 Å². The summed E-state index contributed by atoms with van der Waals surface area (Å²) in [6, 6.07) is 3.76. The Labute approximate surface area is 141 Å². The van der Waals surface area contributed by atoms with E-state index in [0.29, 0.717) is 17.2 Å². The Bertz CT molecular complexity index is 676. The van der Waals surface area contributed by atoms with Gasteiger partial charge in [-0.1, -0.05) is 6.08 Å². The molecule has 5 N–H and O–H groups in total. The first-order valence-electron chi connectivity index (χ1n) is 6.73. The van der Waals surface area contributed by atoms with Crippen LogP contribution in [0.5, 0.6) is 0 Å². The molecule has 9 heteroatoms. The average Bonchev–Trinajstić information content (AvgIpc) is 2.56. The normalized spacial score (nSPS) is 8.88. The molecule has 1 aromatic heterocycles. The van der Waals surface area contributed by atoms with Crippen LogP contribution in [0.4, 0.5) is 5.95 Å². The van der Waals surface area contributed by atoms with Gasteiger partial charge in [-0.15, -0.1) is 0 Å². The van der Waals surface area contributed by atoms with E-state index in [4.69, 9.17) is 22.0 Å². The van der Waals surface area contributed by atoms with Crippen LogP contribution >= 0.6 is 0 Å². The van der Waals surface area contributed by atoms with Gasteiger partial charge in [-0.3, -0.25) is 9.79 Å². The first-order chi connectivity index (χ1) is 11.3. The highest BCUT2D eigenvalue weighted by Crippen LogP contribution is 2.03. The Hall–Kier alpha value is -3.46. The van der Waals surface area contributed by atoms with Crippen molar-refractivity contribution in [3.05, 3.63) is 29.1 Å². The van der Waals surface area contributed by atoms with Gasteiger partial charge in [0, 0.05) is 14.1 Å². The van der Waals surface area contributed by atoms with Crippen molar-refractivity contribution in [2.75, 3.05) is 19.4 Å². The van der Waals surface area contributed by atoms with Crippen molar-refractivity contribution in [2.24, 2.45) is 16.5 Å². The van der Waals surface area contributed by atoms with Crippen LogP contribution < -0.4 is 16.8 Å². The molecule has 0 aliphatic heterocycles. The molecule has 0 amide bonds. The predicted octanol–water partition coefficient (Wildman–Crippen LogP) is 0.633. The van der Waals surface area contributed by atoms with Crippen LogP contribution in [-0.2, 0) is 4.79 Å². The molecule has 24 heavy (non-hydrogen) atoms. The van der Waals surface area contributed by atoms with Gasteiger partial charge in [-0.05, 0) is 20.8 Å². The van der Waals surface area contributed by atoms with Crippen molar-refractivity contribution in [2.45, 2.75) is 20.8 Å². The molecule has 1 rings (SSSR count). The number of Topliss-reactive ketones (excluding diaryl/α,β-unsaturated/α-hetero) is 1. The third-order valence-electron chi connectivity index (χ3n) is 2.37. The molecule has 0 radical (unpaired) electrons. The quantitative estimate of drug-likeness (QED) is 0.307. The Balaban J connectivity index is 0. The topological polar surface area (TPSA) is 167 Å². The number of carbonyl (C=O) groups excluding carboxylic acids is 1. The van der Waals surface area contributed by atoms with Crippen molar-refractivity contribution < 1.29 is 4.79 Å². The number of guanidine groups is 1. The summed E-state index contributed by atoms with van der Waals surface area (Å²) in [7, 11) is 3.27. The maximum Gasteiger partial charge on any atom is 0.222 e. The van der Waals surface area contributed by atoms with Crippen LogP contribution in [0.25, 0.3) is 0 Å². The number of aromatic nitrogens is 2. The number of nitriles is 2. The first-order valence-corrected chi connectivity index (χ1v) is 6.73. The molecule has 1 heterocycles. The molecular weight excluding hydrogens is 308 g/mol. The van der Waals surface area contributed by atoms with E-state index in [1.54, 1.807) is 27.0 Å². The predicted molar refractivity (Wildman–Crippen MR) is 92.8 cm³/mol. The van der Waals surface area contributed by atoms with Crippen LogP contribution in [0, 0.1) is 29.6 Å². The number of nitrogens with one attached hydrogen (secondary N) is 1. The minimum absolute atomic E-state index is 0.130. The van der Waals surface area contributed by atoms with Crippen molar-refractivity contribution in [1.29, 1.82) is 10.5 Å². The Kier molecular flexibility index (Phi) is 12.6. The fourth-order valence-electron chi connectivity index (χ4n) is 1.04. The molecule has 0 spiro atoms. The minimum Gasteiger partial charge on any atom is -0.370 e.